The molecule has 2 aromatic rings. The van der Waals surface area contributed by atoms with Gasteiger partial charge in [0.2, 0.25) is 0 Å². The van der Waals surface area contributed by atoms with Gasteiger partial charge in [-0.15, -0.1) is 11.3 Å². The minimum absolute atomic E-state index is 0.292. The molecule has 2 nitrogen and oxygen atoms in total. The first kappa shape index (κ1) is 9.21. The Bertz CT molecular complexity index is 495. The highest BCUT2D eigenvalue weighted by atomic mass is 32.1. The van der Waals surface area contributed by atoms with E-state index in [1.165, 1.54) is 5.56 Å². The second-order valence-electron chi connectivity index (χ2n) is 3.31. The van der Waals surface area contributed by atoms with Gasteiger partial charge in [-0.05, 0) is 31.5 Å². The van der Waals surface area contributed by atoms with Gasteiger partial charge in [0.25, 0.3) is 0 Å². The van der Waals surface area contributed by atoms with Crippen LogP contribution in [0.15, 0.2) is 24.0 Å². The molecule has 0 aliphatic carbocycles. The summed E-state index contributed by atoms with van der Waals surface area (Å²) in [7, 11) is 0. The number of aryl methyl sites for hydroxylation is 1. The lowest BCUT2D eigenvalue weighted by Crippen LogP contribution is -1.73. The van der Waals surface area contributed by atoms with Gasteiger partial charge in [0.1, 0.15) is 5.01 Å². The standard InChI is InChI=1S/C11H11NOS/c1-7-3-4-10-9(5-7)12-11(14-10)6-8(2)13/h3-6,13H,1-2H3. The molecule has 0 saturated carbocycles. The van der Waals surface area contributed by atoms with Crippen LogP contribution >= 0.6 is 11.3 Å². The lowest BCUT2D eigenvalue weighted by molar-refractivity contribution is 0.420. The molecule has 0 aliphatic heterocycles. The first-order valence-corrected chi connectivity index (χ1v) is 5.21. The predicted molar refractivity (Wildman–Crippen MR) is 60.6 cm³/mol. The Morgan fingerprint density at radius 2 is 2.29 bits per heavy atom. The van der Waals surface area contributed by atoms with Crippen molar-refractivity contribution in [2.24, 2.45) is 0 Å². The van der Waals surface area contributed by atoms with Crippen molar-refractivity contribution in [2.45, 2.75) is 13.8 Å². The number of thiazole rings is 1. The van der Waals surface area contributed by atoms with E-state index >= 15 is 0 Å². The second kappa shape index (κ2) is 3.42. The van der Waals surface area contributed by atoms with Crippen molar-refractivity contribution in [3.05, 3.63) is 34.5 Å². The number of hydrogen-bond donors (Lipinski definition) is 1. The van der Waals surface area contributed by atoms with Gasteiger partial charge in [0.15, 0.2) is 0 Å². The zero-order chi connectivity index (χ0) is 10.1. The Labute approximate surface area is 86.5 Å². The quantitative estimate of drug-likeness (QED) is 0.722. The van der Waals surface area contributed by atoms with Crippen LogP contribution in [0.2, 0.25) is 0 Å². The topological polar surface area (TPSA) is 33.1 Å². The highest BCUT2D eigenvalue weighted by Crippen LogP contribution is 2.24. The molecule has 3 heteroatoms. The summed E-state index contributed by atoms with van der Waals surface area (Å²) in [6.07, 6.45) is 1.68. The molecule has 0 saturated heterocycles. The predicted octanol–water partition coefficient (Wildman–Crippen LogP) is 3.52. The van der Waals surface area contributed by atoms with Crippen molar-refractivity contribution in [3.63, 3.8) is 0 Å². The number of hydrogen-bond acceptors (Lipinski definition) is 3. The van der Waals surface area contributed by atoms with E-state index in [0.29, 0.717) is 5.76 Å². The molecule has 0 fully saturated rings. The van der Waals surface area contributed by atoms with Gasteiger partial charge in [-0.25, -0.2) is 4.98 Å². The zero-order valence-electron chi connectivity index (χ0n) is 8.11. The lowest BCUT2D eigenvalue weighted by atomic mass is 10.2. The molecule has 2 rings (SSSR count). The van der Waals surface area contributed by atoms with E-state index in [1.807, 2.05) is 6.92 Å². The van der Waals surface area contributed by atoms with Gasteiger partial charge in [0.05, 0.1) is 16.0 Å². The summed E-state index contributed by atoms with van der Waals surface area (Å²) < 4.78 is 1.16. The fraction of sp³-hybridized carbons (Fsp3) is 0.182. The number of aromatic nitrogens is 1. The maximum atomic E-state index is 9.11. The smallest absolute Gasteiger partial charge is 0.120 e. The molecule has 0 unspecified atom stereocenters. The van der Waals surface area contributed by atoms with E-state index in [4.69, 9.17) is 5.11 Å². The van der Waals surface area contributed by atoms with Gasteiger partial charge in [-0.1, -0.05) is 6.07 Å². The number of nitrogens with zero attached hydrogens (tertiary/aromatic N) is 1. The van der Waals surface area contributed by atoms with E-state index in [-0.39, 0.29) is 0 Å². The molecule has 1 N–H and O–H groups in total. The average molecular weight is 205 g/mol. The third-order valence-electron chi connectivity index (χ3n) is 1.89. The van der Waals surface area contributed by atoms with Crippen molar-refractivity contribution in [1.82, 2.24) is 4.98 Å². The summed E-state index contributed by atoms with van der Waals surface area (Å²) in [4.78, 5) is 4.40. The third kappa shape index (κ3) is 1.77. The first-order valence-electron chi connectivity index (χ1n) is 4.39. The highest BCUT2D eigenvalue weighted by molar-refractivity contribution is 7.19. The molecular formula is C11H11NOS. The molecule has 0 aliphatic rings. The van der Waals surface area contributed by atoms with Crippen molar-refractivity contribution in [3.8, 4) is 0 Å². The molecule has 0 bridgehead atoms. The molecule has 0 radical (unpaired) electrons. The maximum absolute atomic E-state index is 9.11. The van der Waals surface area contributed by atoms with E-state index in [1.54, 1.807) is 24.3 Å². The van der Waals surface area contributed by atoms with Crippen LogP contribution in [0, 0.1) is 6.92 Å². The van der Waals surface area contributed by atoms with E-state index in [9.17, 15) is 0 Å². The molecule has 1 heterocycles. The highest BCUT2D eigenvalue weighted by Gasteiger charge is 2.01. The summed E-state index contributed by atoms with van der Waals surface area (Å²) in [6.45, 7) is 3.70. The Morgan fingerprint density at radius 1 is 1.50 bits per heavy atom. The SMILES string of the molecule is CC(O)=Cc1nc2cc(C)ccc2s1. The zero-order valence-corrected chi connectivity index (χ0v) is 8.93. The molecule has 0 atom stereocenters. The Hall–Kier alpha value is -1.35. The largest absolute Gasteiger partial charge is 0.513 e. The summed E-state index contributed by atoms with van der Waals surface area (Å²) in [5, 5.41) is 9.97. The van der Waals surface area contributed by atoms with Gasteiger partial charge in [0, 0.05) is 6.08 Å². The van der Waals surface area contributed by atoms with Crippen LogP contribution in [0.1, 0.15) is 17.5 Å². The summed E-state index contributed by atoms with van der Waals surface area (Å²) in [5.74, 6) is 0.292. The average Bonchev–Trinajstić information content (AvgIpc) is 2.44. The van der Waals surface area contributed by atoms with E-state index in [2.05, 4.69) is 23.2 Å². The van der Waals surface area contributed by atoms with Crippen LogP contribution in [0.25, 0.3) is 16.3 Å². The molecule has 72 valence electrons. The molecule has 1 aromatic heterocycles. The number of benzene rings is 1. The van der Waals surface area contributed by atoms with Crippen LogP contribution in [0.3, 0.4) is 0 Å². The molecule has 1 aromatic carbocycles. The van der Waals surface area contributed by atoms with E-state index < -0.39 is 0 Å². The normalized spacial score (nSPS) is 12.3. The van der Waals surface area contributed by atoms with E-state index in [0.717, 1.165) is 15.2 Å². The Kier molecular flexibility index (Phi) is 2.25. The van der Waals surface area contributed by atoms with Crippen LogP contribution in [-0.4, -0.2) is 10.1 Å². The minimum Gasteiger partial charge on any atom is -0.513 e. The number of rotatable bonds is 1. The lowest BCUT2D eigenvalue weighted by Gasteiger charge is -1.88. The Balaban J connectivity index is 2.57. The summed E-state index contributed by atoms with van der Waals surface area (Å²) >= 11 is 1.59. The number of aliphatic hydroxyl groups excluding tert-OH is 1. The number of aliphatic hydroxyl groups is 1. The van der Waals surface area contributed by atoms with Gasteiger partial charge >= 0.3 is 0 Å². The summed E-state index contributed by atoms with van der Waals surface area (Å²) in [5.41, 5.74) is 2.21. The third-order valence-corrected chi connectivity index (χ3v) is 2.88. The van der Waals surface area contributed by atoms with Crippen molar-refractivity contribution in [2.75, 3.05) is 0 Å². The van der Waals surface area contributed by atoms with Crippen molar-refractivity contribution in [1.29, 1.82) is 0 Å². The van der Waals surface area contributed by atoms with Crippen LogP contribution in [0.5, 0.6) is 0 Å². The van der Waals surface area contributed by atoms with Crippen LogP contribution < -0.4 is 0 Å². The van der Waals surface area contributed by atoms with Crippen molar-refractivity contribution < 1.29 is 5.11 Å². The van der Waals surface area contributed by atoms with Gasteiger partial charge in [-0.3, -0.25) is 0 Å². The van der Waals surface area contributed by atoms with Gasteiger partial charge in [-0.2, -0.15) is 0 Å². The first-order chi connectivity index (χ1) is 6.65. The van der Waals surface area contributed by atoms with Gasteiger partial charge < -0.3 is 5.11 Å². The van der Waals surface area contributed by atoms with Crippen LogP contribution in [0.4, 0.5) is 0 Å². The Morgan fingerprint density at radius 3 is 3.00 bits per heavy atom. The number of allylic oxidation sites excluding steroid dienone is 1. The fourth-order valence-electron chi connectivity index (χ4n) is 1.30. The monoisotopic (exact) mass is 205 g/mol. The minimum atomic E-state index is 0.292. The fourth-order valence-corrected chi connectivity index (χ4v) is 2.24. The molecular weight excluding hydrogens is 194 g/mol. The molecule has 0 amide bonds. The molecule has 14 heavy (non-hydrogen) atoms. The van der Waals surface area contributed by atoms with Crippen LogP contribution in [-0.2, 0) is 0 Å². The number of fused-ring (bicyclic) bond motifs is 1. The summed E-state index contributed by atoms with van der Waals surface area (Å²) in [6, 6.07) is 6.18. The second-order valence-corrected chi connectivity index (χ2v) is 4.37. The maximum Gasteiger partial charge on any atom is 0.120 e. The van der Waals surface area contributed by atoms with Crippen molar-refractivity contribution >= 4 is 27.6 Å². The molecule has 0 spiro atoms.